The first-order valence-electron chi connectivity index (χ1n) is 5.43. The van der Waals surface area contributed by atoms with Crippen LogP contribution in [0.1, 0.15) is 21.9 Å². The van der Waals surface area contributed by atoms with Crippen molar-refractivity contribution in [3.05, 3.63) is 47.7 Å². The maximum Gasteiger partial charge on any atom is 0.271 e. The van der Waals surface area contributed by atoms with Crippen molar-refractivity contribution in [1.29, 1.82) is 0 Å². The molecule has 2 aromatic heterocycles. The number of amides is 1. The number of hydrogen-bond donors (Lipinski definition) is 2. The van der Waals surface area contributed by atoms with E-state index in [2.05, 4.69) is 20.3 Å². The molecule has 0 saturated carbocycles. The standard InChI is InChI=1S/C12H13N5O/c1-8-3-2-4-9(17-8)5-16-12(18)10-6-15-11(13)7-14-10/h2-4,6-7H,5H2,1H3,(H2,13,15)(H,16,18). The molecule has 0 saturated heterocycles. The van der Waals surface area contributed by atoms with Gasteiger partial charge in [-0.25, -0.2) is 9.97 Å². The lowest BCUT2D eigenvalue weighted by molar-refractivity contribution is 0.0945. The van der Waals surface area contributed by atoms with E-state index in [-0.39, 0.29) is 17.4 Å². The number of pyridine rings is 1. The molecule has 0 aliphatic heterocycles. The molecule has 1 amide bonds. The molecule has 18 heavy (non-hydrogen) atoms. The first kappa shape index (κ1) is 12.0. The Hall–Kier alpha value is -2.50. The highest BCUT2D eigenvalue weighted by Gasteiger charge is 2.07. The largest absolute Gasteiger partial charge is 0.382 e. The number of rotatable bonds is 3. The van der Waals surface area contributed by atoms with Crippen molar-refractivity contribution in [2.75, 3.05) is 5.73 Å². The van der Waals surface area contributed by atoms with Crippen LogP contribution < -0.4 is 11.1 Å². The molecular formula is C12H13N5O. The quantitative estimate of drug-likeness (QED) is 0.827. The number of nitrogens with two attached hydrogens (primary N) is 1. The van der Waals surface area contributed by atoms with Gasteiger partial charge in [0.2, 0.25) is 0 Å². The fourth-order valence-corrected chi connectivity index (χ4v) is 1.41. The van der Waals surface area contributed by atoms with E-state index in [9.17, 15) is 4.79 Å². The maximum atomic E-state index is 11.7. The van der Waals surface area contributed by atoms with Gasteiger partial charge in [0.05, 0.1) is 24.6 Å². The Morgan fingerprint density at radius 1 is 1.33 bits per heavy atom. The smallest absolute Gasteiger partial charge is 0.271 e. The molecule has 2 heterocycles. The van der Waals surface area contributed by atoms with Gasteiger partial charge in [0, 0.05) is 5.69 Å². The molecule has 0 unspecified atom stereocenters. The minimum atomic E-state index is -0.300. The molecule has 0 aromatic carbocycles. The Kier molecular flexibility index (Phi) is 3.47. The molecule has 0 fully saturated rings. The Morgan fingerprint density at radius 2 is 2.17 bits per heavy atom. The van der Waals surface area contributed by atoms with E-state index in [0.29, 0.717) is 6.54 Å². The van der Waals surface area contributed by atoms with Gasteiger partial charge < -0.3 is 11.1 Å². The van der Waals surface area contributed by atoms with E-state index in [0.717, 1.165) is 11.4 Å². The van der Waals surface area contributed by atoms with E-state index in [1.807, 2.05) is 25.1 Å². The number of carbonyl (C=O) groups is 1. The summed E-state index contributed by atoms with van der Waals surface area (Å²) in [6.45, 7) is 2.25. The molecule has 0 spiro atoms. The molecule has 0 aliphatic rings. The monoisotopic (exact) mass is 243 g/mol. The minimum Gasteiger partial charge on any atom is -0.382 e. The number of aromatic nitrogens is 3. The van der Waals surface area contributed by atoms with Crippen LogP contribution in [-0.2, 0) is 6.54 Å². The summed E-state index contributed by atoms with van der Waals surface area (Å²) in [5.41, 5.74) is 7.34. The Morgan fingerprint density at radius 3 is 2.83 bits per heavy atom. The molecular weight excluding hydrogens is 230 g/mol. The Bertz CT molecular complexity index is 553. The van der Waals surface area contributed by atoms with E-state index in [4.69, 9.17) is 5.73 Å². The number of aryl methyl sites for hydroxylation is 1. The lowest BCUT2D eigenvalue weighted by Crippen LogP contribution is -2.24. The molecule has 0 radical (unpaired) electrons. The van der Waals surface area contributed by atoms with Crippen molar-refractivity contribution < 1.29 is 4.79 Å². The number of carbonyl (C=O) groups excluding carboxylic acids is 1. The number of nitrogen functional groups attached to an aromatic ring is 1. The summed E-state index contributed by atoms with van der Waals surface area (Å²) in [4.78, 5) is 23.7. The van der Waals surface area contributed by atoms with Gasteiger partial charge in [0.1, 0.15) is 11.5 Å². The van der Waals surface area contributed by atoms with E-state index in [1.165, 1.54) is 12.4 Å². The molecule has 6 heteroatoms. The van der Waals surface area contributed by atoms with Crippen LogP contribution in [0.15, 0.2) is 30.6 Å². The summed E-state index contributed by atoms with van der Waals surface area (Å²) in [6, 6.07) is 5.64. The fourth-order valence-electron chi connectivity index (χ4n) is 1.41. The van der Waals surface area contributed by atoms with Gasteiger partial charge in [-0.1, -0.05) is 6.07 Å². The van der Waals surface area contributed by atoms with Gasteiger partial charge >= 0.3 is 0 Å². The molecule has 0 aliphatic carbocycles. The molecule has 2 rings (SSSR count). The van der Waals surface area contributed by atoms with Crippen LogP contribution in [0.25, 0.3) is 0 Å². The third-order valence-electron chi connectivity index (χ3n) is 2.28. The zero-order valence-corrected chi connectivity index (χ0v) is 9.92. The molecule has 2 aromatic rings. The van der Waals surface area contributed by atoms with Crippen molar-refractivity contribution in [3.63, 3.8) is 0 Å². The average Bonchev–Trinajstić information content (AvgIpc) is 2.37. The second kappa shape index (κ2) is 5.22. The maximum absolute atomic E-state index is 11.7. The van der Waals surface area contributed by atoms with Gasteiger partial charge in [-0.3, -0.25) is 9.78 Å². The topological polar surface area (TPSA) is 93.8 Å². The fraction of sp³-hybridized carbons (Fsp3) is 0.167. The molecule has 3 N–H and O–H groups in total. The molecule has 92 valence electrons. The van der Waals surface area contributed by atoms with Crippen LogP contribution in [0, 0.1) is 6.92 Å². The normalized spacial score (nSPS) is 10.1. The van der Waals surface area contributed by atoms with E-state index in [1.54, 1.807) is 0 Å². The lowest BCUT2D eigenvalue weighted by atomic mass is 10.3. The highest BCUT2D eigenvalue weighted by atomic mass is 16.1. The molecule has 0 atom stereocenters. The van der Waals surface area contributed by atoms with Crippen molar-refractivity contribution in [3.8, 4) is 0 Å². The third-order valence-corrected chi connectivity index (χ3v) is 2.28. The zero-order valence-electron chi connectivity index (χ0n) is 9.92. The summed E-state index contributed by atoms with van der Waals surface area (Å²) in [6.07, 6.45) is 2.69. The predicted molar refractivity (Wildman–Crippen MR) is 66.6 cm³/mol. The second-order valence-electron chi connectivity index (χ2n) is 3.78. The van der Waals surface area contributed by atoms with Gasteiger partial charge in [-0.15, -0.1) is 0 Å². The van der Waals surface area contributed by atoms with Crippen LogP contribution in [0.4, 0.5) is 5.82 Å². The number of nitrogens with zero attached hydrogens (tertiary/aromatic N) is 3. The first-order valence-corrected chi connectivity index (χ1v) is 5.43. The predicted octanol–water partition coefficient (Wildman–Crippen LogP) is 0.692. The molecule has 6 nitrogen and oxygen atoms in total. The third kappa shape index (κ3) is 3.00. The highest BCUT2D eigenvalue weighted by Crippen LogP contribution is 1.99. The van der Waals surface area contributed by atoms with Crippen LogP contribution in [0.3, 0.4) is 0 Å². The van der Waals surface area contributed by atoms with Gasteiger partial charge in [-0.05, 0) is 19.1 Å². The van der Waals surface area contributed by atoms with Crippen molar-refractivity contribution >= 4 is 11.7 Å². The summed E-state index contributed by atoms with van der Waals surface area (Å²) in [5, 5.41) is 2.72. The summed E-state index contributed by atoms with van der Waals surface area (Å²) >= 11 is 0. The van der Waals surface area contributed by atoms with Crippen molar-refractivity contribution in [1.82, 2.24) is 20.3 Å². The lowest BCUT2D eigenvalue weighted by Gasteiger charge is -2.04. The Labute approximate surface area is 104 Å². The van der Waals surface area contributed by atoms with Gasteiger partial charge in [-0.2, -0.15) is 0 Å². The number of nitrogens with one attached hydrogen (secondary N) is 1. The summed E-state index contributed by atoms with van der Waals surface area (Å²) < 4.78 is 0. The zero-order chi connectivity index (χ0) is 13.0. The van der Waals surface area contributed by atoms with Gasteiger partial charge in [0.15, 0.2) is 0 Å². The second-order valence-corrected chi connectivity index (χ2v) is 3.78. The van der Waals surface area contributed by atoms with Gasteiger partial charge in [0.25, 0.3) is 5.91 Å². The van der Waals surface area contributed by atoms with E-state index >= 15 is 0 Å². The summed E-state index contributed by atoms with van der Waals surface area (Å²) in [5.74, 6) is -0.0160. The first-order chi connectivity index (χ1) is 8.65. The number of anilines is 1. The molecule has 0 bridgehead atoms. The average molecular weight is 243 g/mol. The Balaban J connectivity index is 1.98. The highest BCUT2D eigenvalue weighted by molar-refractivity contribution is 5.91. The van der Waals surface area contributed by atoms with Crippen LogP contribution in [0.2, 0.25) is 0 Å². The van der Waals surface area contributed by atoms with E-state index < -0.39 is 0 Å². The van der Waals surface area contributed by atoms with Crippen LogP contribution >= 0.6 is 0 Å². The van der Waals surface area contributed by atoms with Crippen molar-refractivity contribution in [2.24, 2.45) is 0 Å². The minimum absolute atomic E-state index is 0.233. The van der Waals surface area contributed by atoms with Crippen LogP contribution in [0.5, 0.6) is 0 Å². The summed E-state index contributed by atoms with van der Waals surface area (Å²) in [7, 11) is 0. The number of hydrogen-bond acceptors (Lipinski definition) is 5. The SMILES string of the molecule is Cc1cccc(CNC(=O)c2cnc(N)cn2)n1. The van der Waals surface area contributed by atoms with Crippen LogP contribution in [-0.4, -0.2) is 20.9 Å². The van der Waals surface area contributed by atoms with Crippen molar-refractivity contribution in [2.45, 2.75) is 13.5 Å².